The van der Waals surface area contributed by atoms with Crippen molar-refractivity contribution in [3.05, 3.63) is 55.1 Å². The monoisotopic (exact) mass is 216 g/mol. The van der Waals surface area contributed by atoms with E-state index in [0.717, 1.165) is 25.7 Å². The van der Waals surface area contributed by atoms with Crippen molar-refractivity contribution in [2.45, 2.75) is 25.7 Å². The smallest absolute Gasteiger partial charge is 0.115 e. The van der Waals surface area contributed by atoms with Gasteiger partial charge < -0.3 is 5.11 Å². The molecular weight excluding hydrogens is 196 g/mol. The topological polar surface area (TPSA) is 20.2 Å². The minimum absolute atomic E-state index is 0.331. The molecule has 1 aromatic rings. The van der Waals surface area contributed by atoms with E-state index in [0.29, 0.717) is 11.7 Å². The van der Waals surface area contributed by atoms with Gasteiger partial charge in [-0.3, -0.25) is 0 Å². The number of hydrogen-bond donors (Lipinski definition) is 1. The van der Waals surface area contributed by atoms with Crippen LogP contribution in [0.3, 0.4) is 0 Å². The van der Waals surface area contributed by atoms with Crippen molar-refractivity contribution in [1.82, 2.24) is 0 Å². The largest absolute Gasteiger partial charge is 0.508 e. The molecule has 0 unspecified atom stereocenters. The van der Waals surface area contributed by atoms with E-state index in [9.17, 15) is 5.11 Å². The highest BCUT2D eigenvalue weighted by Crippen LogP contribution is 2.19. The highest BCUT2D eigenvalue weighted by atomic mass is 16.3. The quantitative estimate of drug-likeness (QED) is 0.680. The molecule has 0 spiro atoms. The van der Waals surface area contributed by atoms with E-state index in [1.54, 1.807) is 12.1 Å². The Morgan fingerprint density at radius 2 is 1.62 bits per heavy atom. The fourth-order valence-electron chi connectivity index (χ4n) is 1.84. The number of phenols is 1. The number of aryl methyl sites for hydroxylation is 1. The molecule has 0 aliphatic rings. The summed E-state index contributed by atoms with van der Waals surface area (Å²) in [5.74, 6) is 0.973. The summed E-state index contributed by atoms with van der Waals surface area (Å²) in [5.41, 5.74) is 1.27. The summed E-state index contributed by atoms with van der Waals surface area (Å²) in [5, 5.41) is 9.18. The molecule has 0 fully saturated rings. The van der Waals surface area contributed by atoms with E-state index in [4.69, 9.17) is 0 Å². The average Bonchev–Trinajstić information content (AvgIpc) is 2.29. The summed E-state index contributed by atoms with van der Waals surface area (Å²) in [7, 11) is 0. The molecule has 0 heterocycles. The van der Waals surface area contributed by atoms with Crippen LogP contribution < -0.4 is 0 Å². The summed E-state index contributed by atoms with van der Waals surface area (Å²) < 4.78 is 0. The van der Waals surface area contributed by atoms with Crippen LogP contribution in [0.1, 0.15) is 24.8 Å². The van der Waals surface area contributed by atoms with Crippen LogP contribution >= 0.6 is 0 Å². The van der Waals surface area contributed by atoms with Crippen LogP contribution in [0.5, 0.6) is 5.75 Å². The van der Waals surface area contributed by atoms with Gasteiger partial charge in [0.25, 0.3) is 0 Å². The van der Waals surface area contributed by atoms with Crippen molar-refractivity contribution in [2.24, 2.45) is 5.92 Å². The Hall–Kier alpha value is -1.50. The minimum atomic E-state index is 0.331. The van der Waals surface area contributed by atoms with Gasteiger partial charge in [-0.15, -0.1) is 13.2 Å². The normalized spacial score (nSPS) is 10.3. The van der Waals surface area contributed by atoms with Crippen molar-refractivity contribution in [1.29, 1.82) is 0 Å². The van der Waals surface area contributed by atoms with Crippen LogP contribution in [0.15, 0.2) is 49.6 Å². The van der Waals surface area contributed by atoms with E-state index in [2.05, 4.69) is 13.2 Å². The second-order valence-corrected chi connectivity index (χ2v) is 4.12. The Kier molecular flexibility index (Phi) is 5.41. The molecule has 1 aromatic carbocycles. The highest BCUT2D eigenvalue weighted by Gasteiger charge is 2.05. The first-order valence-corrected chi connectivity index (χ1v) is 5.76. The third-order valence-corrected chi connectivity index (χ3v) is 2.78. The maximum Gasteiger partial charge on any atom is 0.115 e. The third-order valence-electron chi connectivity index (χ3n) is 2.78. The summed E-state index contributed by atoms with van der Waals surface area (Å²) in [6, 6.07) is 7.44. The molecule has 0 bridgehead atoms. The summed E-state index contributed by atoms with van der Waals surface area (Å²) in [6.07, 6.45) is 8.24. The first kappa shape index (κ1) is 12.6. The van der Waals surface area contributed by atoms with Crippen LogP contribution in [0.25, 0.3) is 0 Å². The fourth-order valence-corrected chi connectivity index (χ4v) is 1.84. The molecule has 1 rings (SSSR count). The van der Waals surface area contributed by atoms with Gasteiger partial charge in [-0.25, -0.2) is 0 Å². The zero-order valence-corrected chi connectivity index (χ0v) is 9.73. The predicted molar refractivity (Wildman–Crippen MR) is 69.5 cm³/mol. The number of rotatable bonds is 7. The number of phenolic OH excluding ortho intramolecular Hbond substituents is 1. The molecule has 1 nitrogen and oxygen atoms in total. The fraction of sp³-hybridized carbons (Fsp3) is 0.333. The van der Waals surface area contributed by atoms with Gasteiger partial charge in [-0.2, -0.15) is 0 Å². The molecular formula is C15H20O. The zero-order chi connectivity index (χ0) is 11.8. The van der Waals surface area contributed by atoms with Crippen molar-refractivity contribution in [2.75, 3.05) is 0 Å². The van der Waals surface area contributed by atoms with E-state index in [1.807, 2.05) is 24.3 Å². The Bertz CT molecular complexity index is 314. The van der Waals surface area contributed by atoms with E-state index in [-0.39, 0.29) is 0 Å². The number of benzene rings is 1. The van der Waals surface area contributed by atoms with Crippen LogP contribution in [-0.4, -0.2) is 5.11 Å². The maximum absolute atomic E-state index is 9.18. The van der Waals surface area contributed by atoms with Gasteiger partial charge in [0.05, 0.1) is 0 Å². The van der Waals surface area contributed by atoms with Gasteiger partial charge in [0.2, 0.25) is 0 Å². The van der Waals surface area contributed by atoms with Crippen LogP contribution in [0.2, 0.25) is 0 Å². The van der Waals surface area contributed by atoms with Crippen molar-refractivity contribution >= 4 is 0 Å². The van der Waals surface area contributed by atoms with Gasteiger partial charge in [0.15, 0.2) is 0 Å². The Balaban J connectivity index is 2.44. The Morgan fingerprint density at radius 3 is 2.12 bits per heavy atom. The first-order chi connectivity index (χ1) is 7.76. The molecule has 16 heavy (non-hydrogen) atoms. The molecule has 0 aliphatic heterocycles. The van der Waals surface area contributed by atoms with Gasteiger partial charge in [-0.1, -0.05) is 24.3 Å². The lowest BCUT2D eigenvalue weighted by Crippen LogP contribution is -2.00. The van der Waals surface area contributed by atoms with Crippen molar-refractivity contribution in [3.8, 4) is 5.75 Å². The lowest BCUT2D eigenvalue weighted by molar-refractivity contribution is 0.474. The molecule has 86 valence electrons. The minimum Gasteiger partial charge on any atom is -0.508 e. The Morgan fingerprint density at radius 1 is 1.06 bits per heavy atom. The number of allylic oxidation sites excluding steroid dienone is 2. The Labute approximate surface area is 98.1 Å². The van der Waals surface area contributed by atoms with Gasteiger partial charge in [0, 0.05) is 0 Å². The van der Waals surface area contributed by atoms with E-state index >= 15 is 0 Å². The number of aromatic hydroxyl groups is 1. The van der Waals surface area contributed by atoms with Crippen molar-refractivity contribution in [3.63, 3.8) is 0 Å². The zero-order valence-electron chi connectivity index (χ0n) is 9.73. The molecule has 0 aromatic heterocycles. The lowest BCUT2D eigenvalue weighted by atomic mass is 9.93. The van der Waals surface area contributed by atoms with Gasteiger partial charge >= 0.3 is 0 Å². The molecule has 0 amide bonds. The molecule has 0 radical (unpaired) electrons. The summed E-state index contributed by atoms with van der Waals surface area (Å²) >= 11 is 0. The summed E-state index contributed by atoms with van der Waals surface area (Å²) in [6.45, 7) is 7.56. The van der Waals surface area contributed by atoms with Gasteiger partial charge in [-0.05, 0) is 49.3 Å². The molecule has 0 atom stereocenters. The van der Waals surface area contributed by atoms with Crippen LogP contribution in [0, 0.1) is 5.92 Å². The second-order valence-electron chi connectivity index (χ2n) is 4.12. The van der Waals surface area contributed by atoms with Crippen LogP contribution in [0.4, 0.5) is 0 Å². The van der Waals surface area contributed by atoms with Crippen LogP contribution in [-0.2, 0) is 6.42 Å². The predicted octanol–water partition coefficient (Wildman–Crippen LogP) is 4.09. The van der Waals surface area contributed by atoms with E-state index in [1.165, 1.54) is 5.56 Å². The third kappa shape index (κ3) is 4.35. The molecule has 0 saturated heterocycles. The standard InChI is InChI=1S/C15H20O/c1-3-5-13(6-4-2)7-8-14-9-11-15(16)12-10-14/h3-4,9-13,16H,1-2,5-8H2. The number of hydrogen-bond acceptors (Lipinski definition) is 1. The molecule has 0 saturated carbocycles. The van der Waals surface area contributed by atoms with Gasteiger partial charge in [0.1, 0.15) is 5.75 Å². The highest BCUT2D eigenvalue weighted by molar-refractivity contribution is 5.25. The average molecular weight is 216 g/mol. The molecule has 0 aliphatic carbocycles. The summed E-state index contributed by atoms with van der Waals surface area (Å²) in [4.78, 5) is 0. The van der Waals surface area contributed by atoms with E-state index < -0.39 is 0 Å². The lowest BCUT2D eigenvalue weighted by Gasteiger charge is -2.12. The second kappa shape index (κ2) is 6.89. The maximum atomic E-state index is 9.18. The first-order valence-electron chi connectivity index (χ1n) is 5.76. The molecule has 1 heteroatoms. The molecule has 1 N–H and O–H groups in total. The SMILES string of the molecule is C=CCC(CC=C)CCc1ccc(O)cc1. The van der Waals surface area contributed by atoms with Crippen molar-refractivity contribution < 1.29 is 5.11 Å².